The Morgan fingerprint density at radius 1 is 1.29 bits per heavy atom. The van der Waals surface area contributed by atoms with Gasteiger partial charge < -0.3 is 24.1 Å². The third-order valence-corrected chi connectivity index (χ3v) is 6.81. The Labute approximate surface area is 183 Å². The van der Waals surface area contributed by atoms with Crippen molar-refractivity contribution in [1.29, 1.82) is 0 Å². The number of carbonyl (C=O) groups is 1. The molecule has 2 saturated heterocycles. The van der Waals surface area contributed by atoms with Crippen LogP contribution in [0.4, 0.5) is 0 Å². The molecule has 3 aliphatic rings. The van der Waals surface area contributed by atoms with Crippen LogP contribution in [0, 0.1) is 5.92 Å². The molecule has 6 atom stereocenters. The number of ether oxygens (including phenoxy) is 4. The first-order chi connectivity index (χ1) is 14.8. The largest absolute Gasteiger partial charge is 0.508 e. The molecule has 1 spiro atoms. The number of phenolic OH excluding ortho intramolecular Hbond substituents is 1. The van der Waals surface area contributed by atoms with E-state index in [4.69, 9.17) is 18.9 Å². The van der Waals surface area contributed by atoms with Crippen LogP contribution in [0.2, 0.25) is 0 Å². The molecular formula is C25H32O6. The Bertz CT molecular complexity index is 865. The van der Waals surface area contributed by atoms with E-state index in [-0.39, 0.29) is 41.2 Å². The van der Waals surface area contributed by atoms with Crippen molar-refractivity contribution >= 4 is 12.0 Å². The highest BCUT2D eigenvalue weighted by Crippen LogP contribution is 2.59. The first kappa shape index (κ1) is 22.1. The summed E-state index contributed by atoms with van der Waals surface area (Å²) in [6.07, 6.45) is 7.16. The second-order valence-corrected chi connectivity index (χ2v) is 9.28. The molecule has 6 heteroatoms. The monoisotopic (exact) mass is 428 g/mol. The number of hydrogen-bond donors (Lipinski definition) is 1. The lowest BCUT2D eigenvalue weighted by Gasteiger charge is -2.42. The predicted molar refractivity (Wildman–Crippen MR) is 117 cm³/mol. The molecule has 1 aromatic rings. The van der Waals surface area contributed by atoms with Crippen molar-refractivity contribution in [2.75, 3.05) is 13.7 Å². The summed E-state index contributed by atoms with van der Waals surface area (Å²) >= 11 is 0. The first-order valence-corrected chi connectivity index (χ1v) is 10.9. The van der Waals surface area contributed by atoms with Crippen LogP contribution in [0.15, 0.2) is 42.0 Å². The summed E-state index contributed by atoms with van der Waals surface area (Å²) in [6.45, 7) is 7.01. The predicted octanol–water partition coefficient (Wildman–Crippen LogP) is 4.03. The molecule has 1 saturated carbocycles. The molecule has 0 bridgehead atoms. The van der Waals surface area contributed by atoms with Gasteiger partial charge in [-0.3, -0.25) is 0 Å². The molecule has 1 aliphatic carbocycles. The van der Waals surface area contributed by atoms with E-state index in [0.717, 1.165) is 18.4 Å². The van der Waals surface area contributed by atoms with Crippen LogP contribution in [-0.4, -0.2) is 54.3 Å². The molecular weight excluding hydrogens is 396 g/mol. The Kier molecular flexibility index (Phi) is 5.99. The smallest absolute Gasteiger partial charge is 0.331 e. The van der Waals surface area contributed by atoms with Gasteiger partial charge in [0.05, 0.1) is 18.6 Å². The van der Waals surface area contributed by atoms with Gasteiger partial charge in [-0.1, -0.05) is 23.8 Å². The van der Waals surface area contributed by atoms with Crippen LogP contribution in [0.3, 0.4) is 0 Å². The van der Waals surface area contributed by atoms with Gasteiger partial charge in [0.1, 0.15) is 29.2 Å². The van der Waals surface area contributed by atoms with Crippen LogP contribution in [0.1, 0.15) is 45.6 Å². The number of methoxy groups -OCH3 is 1. The molecule has 31 heavy (non-hydrogen) atoms. The van der Waals surface area contributed by atoms with Crippen molar-refractivity contribution in [2.24, 2.45) is 5.92 Å². The third kappa shape index (κ3) is 4.56. The molecule has 0 aromatic heterocycles. The Balaban J connectivity index is 1.45. The summed E-state index contributed by atoms with van der Waals surface area (Å²) < 4.78 is 23.9. The van der Waals surface area contributed by atoms with Gasteiger partial charge in [-0.25, -0.2) is 4.79 Å². The lowest BCUT2D eigenvalue weighted by atomic mass is 9.68. The minimum Gasteiger partial charge on any atom is -0.508 e. The molecule has 2 heterocycles. The zero-order valence-corrected chi connectivity index (χ0v) is 18.7. The van der Waals surface area contributed by atoms with Gasteiger partial charge in [-0.2, -0.15) is 0 Å². The maximum Gasteiger partial charge on any atom is 0.331 e. The van der Waals surface area contributed by atoms with Gasteiger partial charge in [0, 0.05) is 13.2 Å². The summed E-state index contributed by atoms with van der Waals surface area (Å²) in [7, 11) is 1.67. The molecule has 3 fully saturated rings. The highest BCUT2D eigenvalue weighted by Gasteiger charge is 2.72. The number of epoxide rings is 2. The third-order valence-electron chi connectivity index (χ3n) is 6.81. The number of hydrogen-bond acceptors (Lipinski definition) is 6. The van der Waals surface area contributed by atoms with Crippen molar-refractivity contribution in [3.05, 3.63) is 47.6 Å². The van der Waals surface area contributed by atoms with Gasteiger partial charge in [0.2, 0.25) is 0 Å². The lowest BCUT2D eigenvalue weighted by Crippen LogP contribution is -2.55. The van der Waals surface area contributed by atoms with Gasteiger partial charge in [-0.15, -0.1) is 0 Å². The zero-order chi connectivity index (χ0) is 22.2. The Hall–Kier alpha value is -2.15. The van der Waals surface area contributed by atoms with Crippen LogP contribution in [0.5, 0.6) is 5.75 Å². The fourth-order valence-corrected chi connectivity index (χ4v) is 5.01. The van der Waals surface area contributed by atoms with E-state index in [1.807, 2.05) is 0 Å². The van der Waals surface area contributed by atoms with E-state index in [1.54, 1.807) is 37.5 Å². The van der Waals surface area contributed by atoms with Gasteiger partial charge in [0.25, 0.3) is 0 Å². The number of esters is 1. The van der Waals surface area contributed by atoms with Gasteiger partial charge >= 0.3 is 5.97 Å². The molecule has 2 aliphatic heterocycles. The van der Waals surface area contributed by atoms with Crippen LogP contribution in [0.25, 0.3) is 6.08 Å². The molecule has 6 nitrogen and oxygen atoms in total. The summed E-state index contributed by atoms with van der Waals surface area (Å²) in [5.41, 5.74) is 1.50. The van der Waals surface area contributed by atoms with Crippen molar-refractivity contribution in [1.82, 2.24) is 0 Å². The van der Waals surface area contributed by atoms with Gasteiger partial charge in [-0.05, 0) is 63.8 Å². The number of rotatable bonds is 7. The van der Waals surface area contributed by atoms with Crippen LogP contribution in [-0.2, 0) is 23.7 Å². The van der Waals surface area contributed by atoms with Crippen molar-refractivity contribution < 1.29 is 28.8 Å². The maximum absolute atomic E-state index is 12.5. The molecule has 0 amide bonds. The van der Waals surface area contributed by atoms with E-state index in [1.165, 1.54) is 11.6 Å². The van der Waals surface area contributed by atoms with E-state index >= 15 is 0 Å². The average Bonchev–Trinajstić information content (AvgIpc) is 3.65. The average molecular weight is 429 g/mol. The first-order valence-electron chi connectivity index (χ1n) is 10.9. The van der Waals surface area contributed by atoms with Crippen molar-refractivity contribution in [3.8, 4) is 5.75 Å². The highest BCUT2D eigenvalue weighted by molar-refractivity contribution is 5.87. The number of benzene rings is 1. The van der Waals surface area contributed by atoms with Gasteiger partial charge in [0.15, 0.2) is 0 Å². The second kappa shape index (κ2) is 8.41. The van der Waals surface area contributed by atoms with E-state index < -0.39 is 5.97 Å². The Morgan fingerprint density at radius 3 is 2.61 bits per heavy atom. The second-order valence-electron chi connectivity index (χ2n) is 9.28. The summed E-state index contributed by atoms with van der Waals surface area (Å²) in [6, 6.07) is 6.63. The molecule has 168 valence electrons. The minimum atomic E-state index is -0.408. The minimum absolute atomic E-state index is 0.00758. The number of carbonyl (C=O) groups excluding carboxylic acids is 1. The standard InChI is InChI=1S/C25H32O6/c1-16(2)5-11-20-24(3,31-20)23-22(28-4)19(13-14-25(23)15-29-25)30-21(27)12-8-17-6-9-18(26)10-7-17/h5-10,12,19-20,22-23,26H,11,13-15H2,1-4H3/b12-8+/t19-,20+,22-,23-,24-,25+/m1/s1. The number of aromatic hydroxyl groups is 1. The van der Waals surface area contributed by atoms with E-state index in [9.17, 15) is 9.90 Å². The number of phenols is 1. The normalized spacial score (nSPS) is 36.4. The summed E-state index contributed by atoms with van der Waals surface area (Å²) in [5.74, 6) is -0.214. The van der Waals surface area contributed by atoms with Crippen LogP contribution >= 0.6 is 0 Å². The fourth-order valence-electron chi connectivity index (χ4n) is 5.01. The summed E-state index contributed by atoms with van der Waals surface area (Å²) in [4.78, 5) is 12.5. The van der Waals surface area contributed by atoms with Crippen molar-refractivity contribution in [3.63, 3.8) is 0 Å². The summed E-state index contributed by atoms with van der Waals surface area (Å²) in [5, 5.41) is 9.38. The molecule has 0 unspecified atom stereocenters. The molecule has 4 rings (SSSR count). The quantitative estimate of drug-likeness (QED) is 0.306. The van der Waals surface area contributed by atoms with E-state index in [2.05, 4.69) is 26.8 Å². The topological polar surface area (TPSA) is 80.8 Å². The molecule has 1 aromatic carbocycles. The van der Waals surface area contributed by atoms with E-state index in [0.29, 0.717) is 13.0 Å². The Morgan fingerprint density at radius 2 is 2.00 bits per heavy atom. The molecule has 0 radical (unpaired) electrons. The fraction of sp³-hybridized carbons (Fsp3) is 0.560. The highest BCUT2D eigenvalue weighted by atomic mass is 16.6. The van der Waals surface area contributed by atoms with Crippen LogP contribution < -0.4 is 0 Å². The van der Waals surface area contributed by atoms with Crippen molar-refractivity contribution in [2.45, 2.75) is 69.5 Å². The maximum atomic E-state index is 12.5. The zero-order valence-electron chi connectivity index (χ0n) is 18.7. The SMILES string of the molecule is CO[C@@H]1[C@H](OC(=O)/C=C/c2ccc(O)cc2)CC[C@]2(CO2)[C@H]1[C@]1(C)O[C@H]1CC=C(C)C. The molecule has 1 N–H and O–H groups in total. The lowest BCUT2D eigenvalue weighted by molar-refractivity contribution is -0.166. The number of allylic oxidation sites excluding steroid dienone is 1.